The zero-order valence-electron chi connectivity index (χ0n) is 21.5. The van der Waals surface area contributed by atoms with Gasteiger partial charge < -0.3 is 45.2 Å². The molecular weight excluding hydrogens is 760 g/mol. The fourth-order valence-corrected chi connectivity index (χ4v) is 2.58. The van der Waals surface area contributed by atoms with Crippen molar-refractivity contribution in [2.45, 2.75) is 26.9 Å². The van der Waals surface area contributed by atoms with E-state index in [0.717, 1.165) is 13.1 Å². The van der Waals surface area contributed by atoms with E-state index >= 15 is 0 Å². The Hall–Kier alpha value is 0.264. The van der Waals surface area contributed by atoms with Crippen LogP contribution in [0.2, 0.25) is 0 Å². The second kappa shape index (κ2) is 31.5. The second-order valence-electron chi connectivity index (χ2n) is 7.68. The number of hydrogen-bond donors (Lipinski definition) is 0. The standard InChI is InChI=1S/2C9H13N.2C5H5.2ClH.2Fe.2Pd/c2*1-8-5-4-6-9(8)7-10(2)3;2*1-2-4-5-3-1;;;;;;/h2*4-5H,7H2,1-3H3;2*1-5H;2*1H;;;;/q2*-2;2*-1;;;4*+2/p-2. The van der Waals surface area contributed by atoms with Crippen LogP contribution in [-0.4, -0.2) is 38.0 Å². The number of halogens is 2. The molecule has 208 valence electrons. The summed E-state index contributed by atoms with van der Waals surface area (Å²) in [7, 11) is 17.3. The van der Waals surface area contributed by atoms with E-state index in [1.54, 1.807) is 0 Å². The number of aryl methyl sites for hydroxylation is 2. The van der Waals surface area contributed by atoms with Gasteiger partial charge in [-0.25, -0.2) is 24.3 Å². The maximum Gasteiger partial charge on any atom is 2.00 e. The molecule has 0 radical (unpaired) electrons. The Kier molecular flexibility index (Phi) is 37.9. The molecular formula is C28H36Cl2Fe2N2Pd2. The van der Waals surface area contributed by atoms with Gasteiger partial charge in [0.1, 0.15) is 0 Å². The predicted molar refractivity (Wildman–Crippen MR) is 142 cm³/mol. The summed E-state index contributed by atoms with van der Waals surface area (Å²) in [6.45, 7) is 6.24. The molecule has 0 atom stereocenters. The summed E-state index contributed by atoms with van der Waals surface area (Å²) in [5.41, 5.74) is 5.30. The van der Waals surface area contributed by atoms with Crippen molar-refractivity contribution in [3.05, 3.63) is 119 Å². The Balaban J connectivity index is -0.000000184. The van der Waals surface area contributed by atoms with Gasteiger partial charge in [-0.15, -0.1) is 0 Å². The topological polar surface area (TPSA) is 6.48 Å². The Morgan fingerprint density at radius 2 is 0.917 bits per heavy atom. The first kappa shape index (κ1) is 43.3. The Morgan fingerprint density at radius 1 is 0.639 bits per heavy atom. The van der Waals surface area contributed by atoms with E-state index in [0.29, 0.717) is 0 Å². The molecule has 4 rings (SSSR count). The molecule has 8 heteroatoms. The molecule has 0 aliphatic carbocycles. The van der Waals surface area contributed by atoms with Gasteiger partial charge in [0, 0.05) is 0 Å². The predicted octanol–water partition coefficient (Wildman–Crippen LogP) is 7.33. The van der Waals surface area contributed by atoms with Crippen molar-refractivity contribution in [3.63, 3.8) is 0 Å². The quantitative estimate of drug-likeness (QED) is 0.158. The van der Waals surface area contributed by atoms with Gasteiger partial charge in [-0.2, -0.15) is 36.4 Å². The van der Waals surface area contributed by atoms with Crippen LogP contribution in [-0.2, 0) is 83.6 Å². The maximum atomic E-state index is 4.49. The molecule has 0 N–H and O–H groups in total. The largest absolute Gasteiger partial charge is 2.00 e. The molecule has 36 heavy (non-hydrogen) atoms. The van der Waals surface area contributed by atoms with Gasteiger partial charge in [0.05, 0.1) is 0 Å². The van der Waals surface area contributed by atoms with Crippen LogP contribution >= 0.6 is 19.1 Å². The van der Waals surface area contributed by atoms with Crippen molar-refractivity contribution in [1.29, 1.82) is 0 Å². The van der Waals surface area contributed by atoms with Crippen LogP contribution in [0, 0.1) is 26.0 Å². The monoisotopic (exact) mass is 794 g/mol. The fraction of sp³-hybridized carbons (Fsp3) is 0.286. The molecule has 0 aliphatic heterocycles. The average molecular weight is 796 g/mol. The molecule has 0 unspecified atom stereocenters. The van der Waals surface area contributed by atoms with Gasteiger partial charge in [-0.3, -0.25) is 23.3 Å². The van der Waals surface area contributed by atoms with Crippen molar-refractivity contribution in [2.75, 3.05) is 28.2 Å². The molecule has 4 aromatic carbocycles. The molecule has 0 saturated heterocycles. The van der Waals surface area contributed by atoms with Crippen LogP contribution in [0.4, 0.5) is 0 Å². The zero-order chi connectivity index (χ0) is 26.2. The van der Waals surface area contributed by atoms with Crippen LogP contribution in [0.15, 0.2) is 84.9 Å². The van der Waals surface area contributed by atoms with Crippen LogP contribution < -0.4 is 0 Å². The minimum absolute atomic E-state index is 0. The van der Waals surface area contributed by atoms with E-state index in [1.165, 1.54) is 22.3 Å². The summed E-state index contributed by atoms with van der Waals surface area (Å²) in [5, 5.41) is 0. The Bertz CT molecular complexity index is 753. The third-order valence-corrected chi connectivity index (χ3v) is 4.19. The minimum Gasteiger partial charge on any atom is -0.214 e. The van der Waals surface area contributed by atoms with Gasteiger partial charge in [0.2, 0.25) is 0 Å². The molecule has 0 saturated carbocycles. The third-order valence-electron chi connectivity index (χ3n) is 4.19. The second-order valence-corrected chi connectivity index (χ2v) is 7.68. The van der Waals surface area contributed by atoms with Crippen LogP contribution in [0.25, 0.3) is 0 Å². The minimum atomic E-state index is 0. The molecule has 0 bridgehead atoms. The van der Waals surface area contributed by atoms with Gasteiger partial charge in [0.25, 0.3) is 0 Å². The van der Waals surface area contributed by atoms with E-state index < -0.39 is 0 Å². The number of hydrogen-bond acceptors (Lipinski definition) is 2. The van der Waals surface area contributed by atoms with Crippen molar-refractivity contribution < 1.29 is 70.5 Å². The first-order valence-electron chi connectivity index (χ1n) is 10.5. The van der Waals surface area contributed by atoms with Crippen molar-refractivity contribution in [2.24, 2.45) is 0 Å². The van der Waals surface area contributed by atoms with Crippen molar-refractivity contribution in [1.82, 2.24) is 9.80 Å². The van der Waals surface area contributed by atoms with Gasteiger partial charge in [0.15, 0.2) is 0 Å². The molecule has 0 aliphatic rings. The average Bonchev–Trinajstić information content (AvgIpc) is 3.64. The smallest absolute Gasteiger partial charge is 0.214 e. The molecule has 4 aromatic rings. The molecule has 0 spiro atoms. The fourth-order valence-electron chi connectivity index (χ4n) is 2.58. The SMILES string of the molecule is Cc1[cH-]c[c-]c1CN(C)C.Cc1[cH-]c[c-]c1CN(C)C.[Cl][Pd+].[Cl][Pd+].[Fe+2].[Fe+2].c1cc[cH-]c1.c1cc[cH-]c1. The molecule has 0 amide bonds. The molecule has 2 nitrogen and oxygen atoms in total. The molecule has 0 fully saturated rings. The Labute approximate surface area is 271 Å². The van der Waals surface area contributed by atoms with Crippen LogP contribution in [0.5, 0.6) is 0 Å². The summed E-state index contributed by atoms with van der Waals surface area (Å²) in [4.78, 5) is 4.30. The third kappa shape index (κ3) is 25.9. The first-order valence-corrected chi connectivity index (χ1v) is 14.5. The van der Waals surface area contributed by atoms with E-state index in [1.807, 2.05) is 72.8 Å². The summed E-state index contributed by atoms with van der Waals surface area (Å²) >= 11 is 4.44. The van der Waals surface area contributed by atoms with Crippen molar-refractivity contribution in [3.8, 4) is 0 Å². The molecule has 0 heterocycles. The first-order chi connectivity index (χ1) is 16.4. The van der Waals surface area contributed by atoms with E-state index in [9.17, 15) is 0 Å². The number of rotatable bonds is 4. The van der Waals surface area contributed by atoms with Gasteiger partial charge >= 0.3 is 89.6 Å². The van der Waals surface area contributed by atoms with Crippen LogP contribution in [0.1, 0.15) is 22.3 Å². The van der Waals surface area contributed by atoms with Crippen LogP contribution in [0.3, 0.4) is 0 Å². The summed E-state index contributed by atoms with van der Waals surface area (Å²) < 4.78 is 0. The maximum absolute atomic E-state index is 4.49. The normalized spacial score (nSPS) is 8.61. The van der Waals surface area contributed by atoms with Crippen molar-refractivity contribution >= 4 is 19.1 Å². The Morgan fingerprint density at radius 3 is 1.06 bits per heavy atom. The zero-order valence-corrected chi connectivity index (χ0v) is 28.3. The number of nitrogens with zero attached hydrogens (tertiary/aromatic N) is 2. The van der Waals surface area contributed by atoms with E-state index in [-0.39, 0.29) is 34.1 Å². The summed E-state index contributed by atoms with van der Waals surface area (Å²) in [6, 6.07) is 34.5. The van der Waals surface area contributed by atoms with Gasteiger partial charge in [-0.05, 0) is 28.2 Å². The van der Waals surface area contributed by atoms with Gasteiger partial charge in [-0.1, -0.05) is 26.9 Å². The van der Waals surface area contributed by atoms with E-state index in [4.69, 9.17) is 0 Å². The summed E-state index contributed by atoms with van der Waals surface area (Å²) in [6.07, 6.45) is 0. The van der Waals surface area contributed by atoms with E-state index in [2.05, 4.69) is 132 Å². The molecule has 0 aromatic heterocycles. The summed E-state index contributed by atoms with van der Waals surface area (Å²) in [5.74, 6) is 0.